The first-order valence-corrected chi connectivity index (χ1v) is 9.20. The number of nitrogens with zero attached hydrogens (tertiary/aromatic N) is 4. The molecule has 3 aromatic rings. The van der Waals surface area contributed by atoms with Gasteiger partial charge < -0.3 is 14.8 Å². The topological polar surface area (TPSA) is 83.2 Å². The van der Waals surface area contributed by atoms with E-state index in [1.165, 1.54) is 0 Å². The van der Waals surface area contributed by atoms with Crippen LogP contribution in [-0.4, -0.2) is 32.3 Å². The molecule has 9 heteroatoms. The molecule has 0 bridgehead atoms. The average Bonchev–Trinajstić information content (AvgIpc) is 3.37. The van der Waals surface area contributed by atoms with Crippen molar-refractivity contribution >= 4 is 21.8 Å². The maximum Gasteiger partial charge on any atom is 0.272 e. The van der Waals surface area contributed by atoms with Crippen LogP contribution in [0.1, 0.15) is 27.4 Å². The molecule has 1 N–H and O–H groups in total. The SMILES string of the molecule is Cc1nn(Cn2ccc(C(=O)NCc3ccc4c(c3)OCO4)n2)c(C)c1Br. The largest absolute Gasteiger partial charge is 0.454 e. The Morgan fingerprint density at radius 1 is 1.22 bits per heavy atom. The molecule has 1 amide bonds. The molecule has 1 aromatic carbocycles. The van der Waals surface area contributed by atoms with E-state index >= 15 is 0 Å². The van der Waals surface area contributed by atoms with E-state index in [0.29, 0.717) is 24.7 Å². The van der Waals surface area contributed by atoms with Crippen molar-refractivity contribution in [3.8, 4) is 11.5 Å². The number of benzene rings is 1. The second kappa shape index (κ2) is 7.07. The zero-order valence-electron chi connectivity index (χ0n) is 14.9. The fraction of sp³-hybridized carbons (Fsp3) is 0.278. The van der Waals surface area contributed by atoms with Crippen LogP contribution in [0.4, 0.5) is 0 Å². The molecule has 0 saturated carbocycles. The lowest BCUT2D eigenvalue weighted by Gasteiger charge is -2.06. The van der Waals surface area contributed by atoms with Crippen molar-refractivity contribution in [2.24, 2.45) is 0 Å². The maximum atomic E-state index is 12.4. The normalized spacial score (nSPS) is 12.4. The molecule has 0 radical (unpaired) electrons. The predicted molar refractivity (Wildman–Crippen MR) is 101 cm³/mol. The molecule has 4 rings (SSSR count). The number of hydrogen-bond acceptors (Lipinski definition) is 5. The molecule has 3 heterocycles. The minimum atomic E-state index is -0.235. The summed E-state index contributed by atoms with van der Waals surface area (Å²) in [4.78, 5) is 12.4. The highest BCUT2D eigenvalue weighted by molar-refractivity contribution is 9.10. The summed E-state index contributed by atoms with van der Waals surface area (Å²) in [6.07, 6.45) is 1.76. The number of fused-ring (bicyclic) bond motifs is 1. The van der Waals surface area contributed by atoms with Gasteiger partial charge in [0.2, 0.25) is 6.79 Å². The molecule has 1 aliphatic heterocycles. The molecular weight excluding hydrogens is 414 g/mol. The quantitative estimate of drug-likeness (QED) is 0.671. The Morgan fingerprint density at radius 3 is 2.81 bits per heavy atom. The van der Waals surface area contributed by atoms with Crippen molar-refractivity contribution in [1.29, 1.82) is 0 Å². The van der Waals surface area contributed by atoms with Crippen LogP contribution in [0.25, 0.3) is 0 Å². The minimum Gasteiger partial charge on any atom is -0.454 e. The summed E-state index contributed by atoms with van der Waals surface area (Å²) >= 11 is 3.51. The number of rotatable bonds is 5. The van der Waals surface area contributed by atoms with Crippen molar-refractivity contribution < 1.29 is 14.3 Å². The van der Waals surface area contributed by atoms with Gasteiger partial charge in [-0.25, -0.2) is 4.68 Å². The van der Waals surface area contributed by atoms with E-state index in [2.05, 4.69) is 31.4 Å². The van der Waals surface area contributed by atoms with Crippen LogP contribution in [0, 0.1) is 13.8 Å². The van der Waals surface area contributed by atoms with Crippen molar-refractivity contribution in [3.05, 3.63) is 57.6 Å². The van der Waals surface area contributed by atoms with E-state index in [1.807, 2.05) is 36.7 Å². The van der Waals surface area contributed by atoms with Gasteiger partial charge in [0.25, 0.3) is 5.91 Å². The molecule has 2 aromatic heterocycles. The van der Waals surface area contributed by atoms with Gasteiger partial charge in [0, 0.05) is 12.7 Å². The van der Waals surface area contributed by atoms with E-state index < -0.39 is 0 Å². The average molecular weight is 432 g/mol. The minimum absolute atomic E-state index is 0.231. The highest BCUT2D eigenvalue weighted by atomic mass is 79.9. The standard InChI is InChI=1S/C18H18BrN5O3/c1-11-17(19)12(2)24(21-11)9-23-6-5-14(22-23)18(25)20-8-13-3-4-15-16(7-13)27-10-26-15/h3-7H,8-10H2,1-2H3,(H,20,25). The van der Waals surface area contributed by atoms with Crippen molar-refractivity contribution in [1.82, 2.24) is 24.9 Å². The summed E-state index contributed by atoms with van der Waals surface area (Å²) < 4.78 is 15.1. The summed E-state index contributed by atoms with van der Waals surface area (Å²) in [5.41, 5.74) is 3.22. The monoisotopic (exact) mass is 431 g/mol. The number of hydrogen-bond donors (Lipinski definition) is 1. The molecule has 0 fully saturated rings. The molecule has 8 nitrogen and oxygen atoms in total. The van der Waals surface area contributed by atoms with Crippen molar-refractivity contribution in [2.75, 3.05) is 6.79 Å². The van der Waals surface area contributed by atoms with Crippen LogP contribution < -0.4 is 14.8 Å². The molecule has 27 heavy (non-hydrogen) atoms. The number of amides is 1. The smallest absolute Gasteiger partial charge is 0.272 e. The first kappa shape index (κ1) is 17.6. The number of nitrogens with one attached hydrogen (secondary N) is 1. The Morgan fingerprint density at radius 2 is 2.04 bits per heavy atom. The fourth-order valence-corrected chi connectivity index (χ4v) is 3.12. The third-order valence-corrected chi connectivity index (χ3v) is 5.48. The van der Waals surface area contributed by atoms with E-state index in [-0.39, 0.29) is 12.7 Å². The van der Waals surface area contributed by atoms with Gasteiger partial charge in [0.15, 0.2) is 11.5 Å². The lowest BCUT2D eigenvalue weighted by molar-refractivity contribution is 0.0945. The van der Waals surface area contributed by atoms with Gasteiger partial charge in [-0.05, 0) is 53.5 Å². The van der Waals surface area contributed by atoms with Crippen LogP contribution in [0.15, 0.2) is 34.9 Å². The zero-order chi connectivity index (χ0) is 19.0. The third kappa shape index (κ3) is 3.55. The fourth-order valence-electron chi connectivity index (χ4n) is 2.84. The molecule has 0 atom stereocenters. The van der Waals surface area contributed by atoms with Gasteiger partial charge in [0.05, 0.1) is 15.9 Å². The van der Waals surface area contributed by atoms with E-state index in [1.54, 1.807) is 16.9 Å². The van der Waals surface area contributed by atoms with Gasteiger partial charge in [0.1, 0.15) is 12.4 Å². The van der Waals surface area contributed by atoms with Crippen molar-refractivity contribution in [3.63, 3.8) is 0 Å². The Labute approximate surface area is 164 Å². The third-order valence-electron chi connectivity index (χ3n) is 4.34. The Balaban J connectivity index is 1.39. The summed E-state index contributed by atoms with van der Waals surface area (Å²) in [6.45, 7) is 4.97. The highest BCUT2D eigenvalue weighted by Gasteiger charge is 2.15. The second-order valence-corrected chi connectivity index (χ2v) is 7.03. The van der Waals surface area contributed by atoms with Gasteiger partial charge in [-0.3, -0.25) is 9.48 Å². The van der Waals surface area contributed by atoms with E-state index in [9.17, 15) is 4.79 Å². The molecule has 0 saturated heterocycles. The maximum absolute atomic E-state index is 12.4. The van der Waals surface area contributed by atoms with Gasteiger partial charge in [-0.15, -0.1) is 0 Å². The number of carbonyl (C=O) groups excluding carboxylic acids is 1. The first-order chi connectivity index (χ1) is 13.0. The van der Waals surface area contributed by atoms with Gasteiger partial charge >= 0.3 is 0 Å². The Kier molecular flexibility index (Phi) is 4.61. The number of aromatic nitrogens is 4. The van der Waals surface area contributed by atoms with Crippen LogP contribution in [-0.2, 0) is 13.2 Å². The first-order valence-electron chi connectivity index (χ1n) is 8.41. The lowest BCUT2D eigenvalue weighted by atomic mass is 10.2. The second-order valence-electron chi connectivity index (χ2n) is 6.24. The Bertz CT molecular complexity index is 1010. The summed E-state index contributed by atoms with van der Waals surface area (Å²) in [5, 5.41) is 11.7. The molecule has 0 unspecified atom stereocenters. The van der Waals surface area contributed by atoms with Gasteiger partial charge in [-0.2, -0.15) is 10.2 Å². The number of halogens is 1. The van der Waals surface area contributed by atoms with Crippen LogP contribution in [0.3, 0.4) is 0 Å². The molecule has 0 spiro atoms. The molecular formula is C18H18BrN5O3. The Hall–Kier alpha value is -2.81. The number of ether oxygens (including phenoxy) is 2. The zero-order valence-corrected chi connectivity index (χ0v) is 16.5. The summed E-state index contributed by atoms with van der Waals surface area (Å²) in [7, 11) is 0. The molecule has 1 aliphatic rings. The van der Waals surface area contributed by atoms with E-state index in [4.69, 9.17) is 9.47 Å². The highest BCUT2D eigenvalue weighted by Crippen LogP contribution is 2.32. The summed E-state index contributed by atoms with van der Waals surface area (Å²) in [5.74, 6) is 1.18. The van der Waals surface area contributed by atoms with Crippen LogP contribution in [0.2, 0.25) is 0 Å². The number of aryl methyl sites for hydroxylation is 1. The van der Waals surface area contributed by atoms with Gasteiger partial charge in [-0.1, -0.05) is 6.07 Å². The molecule has 140 valence electrons. The summed E-state index contributed by atoms with van der Waals surface area (Å²) in [6, 6.07) is 7.29. The van der Waals surface area contributed by atoms with Crippen molar-refractivity contribution in [2.45, 2.75) is 27.1 Å². The van der Waals surface area contributed by atoms with Crippen LogP contribution >= 0.6 is 15.9 Å². The van der Waals surface area contributed by atoms with E-state index in [0.717, 1.165) is 27.2 Å². The molecule has 0 aliphatic carbocycles. The lowest BCUT2D eigenvalue weighted by Crippen LogP contribution is -2.23. The number of carbonyl (C=O) groups is 1. The van der Waals surface area contributed by atoms with Crippen LogP contribution in [0.5, 0.6) is 11.5 Å². The predicted octanol–water partition coefficient (Wildman–Crippen LogP) is 2.62.